The van der Waals surface area contributed by atoms with Gasteiger partial charge in [-0.25, -0.2) is 4.98 Å². The van der Waals surface area contributed by atoms with Crippen LogP contribution in [-0.4, -0.2) is 53.0 Å². The second kappa shape index (κ2) is 7.90. The number of carbonyl (C=O) groups excluding carboxylic acids is 2. The zero-order valence-corrected chi connectivity index (χ0v) is 16.5. The Morgan fingerprint density at radius 1 is 1.24 bits per heavy atom. The largest absolute Gasteiger partial charge is 0.488 e. The van der Waals surface area contributed by atoms with Crippen LogP contribution in [-0.2, 0) is 0 Å². The summed E-state index contributed by atoms with van der Waals surface area (Å²) < 4.78 is 7.29. The molecule has 29 heavy (non-hydrogen) atoms. The molecule has 1 amide bonds. The van der Waals surface area contributed by atoms with Crippen LogP contribution in [0.15, 0.2) is 47.9 Å². The molecule has 0 aliphatic carbocycles. The number of anilines is 2. The molecule has 0 saturated heterocycles. The Bertz CT molecular complexity index is 1060. The van der Waals surface area contributed by atoms with Crippen molar-refractivity contribution in [3.05, 3.63) is 53.9 Å². The van der Waals surface area contributed by atoms with Gasteiger partial charge in [-0.05, 0) is 25.0 Å². The van der Waals surface area contributed by atoms with Crippen molar-refractivity contribution < 1.29 is 14.3 Å². The average Bonchev–Trinajstić information content (AvgIpc) is 2.77. The summed E-state index contributed by atoms with van der Waals surface area (Å²) >= 11 is 0. The van der Waals surface area contributed by atoms with E-state index in [2.05, 4.69) is 9.98 Å². The summed E-state index contributed by atoms with van der Waals surface area (Å²) in [5.74, 6) is 1.03. The minimum atomic E-state index is -0.104. The van der Waals surface area contributed by atoms with Gasteiger partial charge < -0.3 is 14.5 Å². The highest BCUT2D eigenvalue weighted by Gasteiger charge is 2.24. The highest BCUT2D eigenvalue weighted by molar-refractivity contribution is 5.95. The van der Waals surface area contributed by atoms with Crippen molar-refractivity contribution in [2.24, 2.45) is 4.99 Å². The molecule has 8 nitrogen and oxygen atoms in total. The summed E-state index contributed by atoms with van der Waals surface area (Å²) in [5.41, 5.74) is 1.92. The van der Waals surface area contributed by atoms with Gasteiger partial charge in [0.05, 0.1) is 12.1 Å². The number of carbonyl (C=O) groups is 2. The molecule has 8 heteroatoms. The van der Waals surface area contributed by atoms with E-state index in [0.717, 1.165) is 18.5 Å². The average molecular weight is 393 g/mol. The molecular weight excluding hydrogens is 370 g/mol. The highest BCUT2D eigenvalue weighted by atomic mass is 16.5. The summed E-state index contributed by atoms with van der Waals surface area (Å²) in [4.78, 5) is 36.9. The van der Waals surface area contributed by atoms with Crippen molar-refractivity contribution >= 4 is 23.3 Å². The number of hydrogen-bond donors (Lipinski definition) is 0. The third-order valence-electron chi connectivity index (χ3n) is 5.02. The molecular formula is C21H23N5O3. The molecule has 0 saturated carbocycles. The number of aromatic nitrogens is 2. The third kappa shape index (κ3) is 3.65. The number of hydrogen-bond acceptors (Lipinski definition) is 6. The molecule has 4 rings (SSSR count). The summed E-state index contributed by atoms with van der Waals surface area (Å²) in [6, 6.07) is 5.45. The van der Waals surface area contributed by atoms with E-state index in [1.165, 1.54) is 11.5 Å². The van der Waals surface area contributed by atoms with Crippen LogP contribution in [0.4, 0.5) is 11.5 Å². The minimum Gasteiger partial charge on any atom is -0.488 e. The molecule has 0 aromatic carbocycles. The number of fused-ring (bicyclic) bond motifs is 1. The number of pyridine rings is 2. The van der Waals surface area contributed by atoms with E-state index in [9.17, 15) is 9.59 Å². The molecule has 150 valence electrons. The fourth-order valence-corrected chi connectivity index (χ4v) is 3.54. The van der Waals surface area contributed by atoms with E-state index in [4.69, 9.17) is 4.74 Å². The van der Waals surface area contributed by atoms with E-state index in [-0.39, 0.29) is 11.8 Å². The fraction of sp³-hybridized carbons (Fsp3) is 0.333. The van der Waals surface area contributed by atoms with Crippen molar-refractivity contribution in [2.75, 3.05) is 31.6 Å². The van der Waals surface area contributed by atoms with E-state index < -0.39 is 0 Å². The van der Waals surface area contributed by atoms with Crippen molar-refractivity contribution in [1.29, 1.82) is 0 Å². The first-order valence-electron chi connectivity index (χ1n) is 9.63. The Labute approximate surface area is 168 Å². The second-order valence-corrected chi connectivity index (χ2v) is 6.93. The van der Waals surface area contributed by atoms with E-state index in [0.29, 0.717) is 42.3 Å². The van der Waals surface area contributed by atoms with Crippen LogP contribution in [0.3, 0.4) is 0 Å². The van der Waals surface area contributed by atoms with Crippen molar-refractivity contribution in [1.82, 2.24) is 14.5 Å². The number of amides is 1. The maximum atomic E-state index is 12.7. The molecule has 0 spiro atoms. The zero-order valence-electron chi connectivity index (χ0n) is 16.5. The van der Waals surface area contributed by atoms with Gasteiger partial charge in [-0.1, -0.05) is 6.08 Å². The normalized spacial score (nSPS) is 16.4. The lowest BCUT2D eigenvalue weighted by Gasteiger charge is -2.30. The Morgan fingerprint density at radius 2 is 2.10 bits per heavy atom. The Kier molecular flexibility index (Phi) is 5.16. The van der Waals surface area contributed by atoms with Crippen LogP contribution in [0.1, 0.15) is 34.9 Å². The van der Waals surface area contributed by atoms with Crippen LogP contribution < -0.4 is 15.1 Å². The lowest BCUT2D eigenvalue weighted by Crippen LogP contribution is -2.33. The number of nitrogens with zero attached hydrogens (tertiary/aromatic N) is 5. The van der Waals surface area contributed by atoms with Crippen LogP contribution >= 0.6 is 0 Å². The highest BCUT2D eigenvalue weighted by Crippen LogP contribution is 2.35. The van der Waals surface area contributed by atoms with Crippen molar-refractivity contribution in [3.8, 4) is 5.75 Å². The molecule has 0 radical (unpaired) electrons. The van der Waals surface area contributed by atoms with Crippen molar-refractivity contribution in [2.45, 2.75) is 19.8 Å². The molecule has 0 N–H and O–H groups in total. The topological polar surface area (TPSA) is 80.0 Å². The second-order valence-electron chi connectivity index (χ2n) is 6.93. The quantitative estimate of drug-likeness (QED) is 0.783. The van der Waals surface area contributed by atoms with Gasteiger partial charge in [-0.15, -0.1) is 0 Å². The number of ether oxygens (including phenoxy) is 1. The summed E-state index contributed by atoms with van der Waals surface area (Å²) in [7, 11) is 1.65. The van der Waals surface area contributed by atoms with Gasteiger partial charge in [0.25, 0.3) is 5.91 Å². The van der Waals surface area contributed by atoms with Crippen LogP contribution in [0.25, 0.3) is 0 Å². The molecule has 0 atom stereocenters. The van der Waals surface area contributed by atoms with Gasteiger partial charge in [0, 0.05) is 50.9 Å². The lowest BCUT2D eigenvalue weighted by atomic mass is 10.1. The number of rotatable bonds is 2. The molecule has 2 aromatic heterocycles. The SMILES string of the molecule is C/N=c1/cc(N2CCOc3cc(C(=O)N4C=CCCC4)cnc32)ccn1C(C)=O. The predicted octanol–water partition coefficient (Wildman–Crippen LogP) is 2.35. The molecule has 2 aromatic rings. The monoisotopic (exact) mass is 393 g/mol. The minimum absolute atomic E-state index is 0.0775. The maximum absolute atomic E-state index is 12.7. The van der Waals surface area contributed by atoms with Crippen LogP contribution in [0.2, 0.25) is 0 Å². The Morgan fingerprint density at radius 3 is 2.83 bits per heavy atom. The lowest BCUT2D eigenvalue weighted by molar-refractivity contribution is 0.0814. The zero-order chi connectivity index (χ0) is 20.4. The molecule has 2 aliphatic rings. The van der Waals surface area contributed by atoms with Gasteiger partial charge in [-0.2, -0.15) is 0 Å². The predicted molar refractivity (Wildman–Crippen MR) is 108 cm³/mol. The van der Waals surface area contributed by atoms with Gasteiger partial charge in [0.15, 0.2) is 11.6 Å². The van der Waals surface area contributed by atoms with Gasteiger partial charge in [-0.3, -0.25) is 19.1 Å². The molecule has 0 bridgehead atoms. The summed E-state index contributed by atoms with van der Waals surface area (Å²) in [5, 5.41) is 0. The fourth-order valence-electron chi connectivity index (χ4n) is 3.54. The van der Waals surface area contributed by atoms with E-state index in [1.807, 2.05) is 29.3 Å². The smallest absolute Gasteiger partial charge is 0.259 e. The van der Waals surface area contributed by atoms with Crippen LogP contribution in [0, 0.1) is 0 Å². The van der Waals surface area contributed by atoms with Gasteiger partial charge in [0.2, 0.25) is 5.91 Å². The summed E-state index contributed by atoms with van der Waals surface area (Å²) in [6.07, 6.45) is 9.10. The molecule has 2 aliphatic heterocycles. The van der Waals surface area contributed by atoms with E-state index >= 15 is 0 Å². The van der Waals surface area contributed by atoms with Gasteiger partial charge in [0.1, 0.15) is 12.1 Å². The summed E-state index contributed by atoms with van der Waals surface area (Å²) in [6.45, 7) is 3.28. The molecule has 0 unspecified atom stereocenters. The van der Waals surface area contributed by atoms with E-state index in [1.54, 1.807) is 30.4 Å². The molecule has 0 fully saturated rings. The van der Waals surface area contributed by atoms with Crippen LogP contribution in [0.5, 0.6) is 5.75 Å². The van der Waals surface area contributed by atoms with Gasteiger partial charge >= 0.3 is 0 Å². The maximum Gasteiger partial charge on any atom is 0.259 e. The molecule has 4 heterocycles. The Balaban J connectivity index is 1.67. The first kappa shape index (κ1) is 18.9. The van der Waals surface area contributed by atoms with Crippen molar-refractivity contribution in [3.63, 3.8) is 0 Å². The number of allylic oxidation sites excluding steroid dienone is 1. The standard InChI is InChI=1S/C21H23N5O3/c1-15(27)25-9-6-17(13-19(25)22-2)26-10-11-29-18-12-16(14-23-20(18)26)21(28)24-7-4-3-5-8-24/h4,6-7,9,12-14H,3,5,8,10-11H2,1-2H3/b22-19-. The third-order valence-corrected chi connectivity index (χ3v) is 5.02. The first-order chi connectivity index (χ1) is 14.1. The Hall–Kier alpha value is -3.42. The first-order valence-corrected chi connectivity index (χ1v) is 9.63.